The first kappa shape index (κ1) is 15.4. The minimum atomic E-state index is -0.526. The Hall–Kier alpha value is -3.54. The Morgan fingerprint density at radius 2 is 1.46 bits per heavy atom. The number of rotatable bonds is 4. The molecular formula is C18H15N3O3. The van der Waals surface area contributed by atoms with Crippen molar-refractivity contribution >= 4 is 23.2 Å². The molecule has 3 N–H and O–H groups in total. The van der Waals surface area contributed by atoms with Crippen LogP contribution in [0.5, 0.6) is 0 Å². The average molecular weight is 321 g/mol. The van der Waals surface area contributed by atoms with Crippen molar-refractivity contribution in [1.29, 1.82) is 0 Å². The van der Waals surface area contributed by atoms with Crippen LogP contribution >= 0.6 is 0 Å². The monoisotopic (exact) mass is 321 g/mol. The predicted octanol–water partition coefficient (Wildman–Crippen LogP) is 3.10. The highest BCUT2D eigenvalue weighted by Crippen LogP contribution is 2.20. The number of carbonyl (C=O) groups is 2. The number of benzene rings is 2. The molecule has 1 heterocycles. The van der Waals surface area contributed by atoms with E-state index in [9.17, 15) is 9.59 Å². The van der Waals surface area contributed by atoms with E-state index >= 15 is 0 Å². The van der Waals surface area contributed by atoms with E-state index in [-0.39, 0.29) is 5.76 Å². The summed E-state index contributed by atoms with van der Waals surface area (Å²) < 4.78 is 4.96. The number of nitrogens with one attached hydrogen (secondary N) is 3. The first-order valence-electron chi connectivity index (χ1n) is 7.29. The third kappa shape index (κ3) is 3.61. The van der Waals surface area contributed by atoms with Gasteiger partial charge in [-0.15, -0.1) is 0 Å². The maximum absolute atomic E-state index is 12.3. The van der Waals surface area contributed by atoms with E-state index in [4.69, 9.17) is 4.42 Å². The van der Waals surface area contributed by atoms with Gasteiger partial charge in [0.05, 0.1) is 17.5 Å². The molecule has 3 rings (SSSR count). The van der Waals surface area contributed by atoms with E-state index in [1.54, 1.807) is 24.3 Å². The molecule has 6 nitrogen and oxygen atoms in total. The summed E-state index contributed by atoms with van der Waals surface area (Å²) in [6.07, 6.45) is 1.38. The molecule has 0 spiro atoms. The van der Waals surface area contributed by atoms with E-state index in [0.717, 1.165) is 5.69 Å². The van der Waals surface area contributed by atoms with Crippen molar-refractivity contribution in [1.82, 2.24) is 10.9 Å². The molecular weight excluding hydrogens is 306 g/mol. The molecule has 0 atom stereocenters. The minimum Gasteiger partial charge on any atom is -0.459 e. The lowest BCUT2D eigenvalue weighted by Crippen LogP contribution is -2.41. The van der Waals surface area contributed by atoms with Crippen LogP contribution in [0.1, 0.15) is 20.9 Å². The number of para-hydroxylation sites is 2. The molecule has 0 radical (unpaired) electrons. The van der Waals surface area contributed by atoms with Gasteiger partial charge in [-0.05, 0) is 36.4 Å². The minimum absolute atomic E-state index is 0.117. The smallest absolute Gasteiger partial charge is 0.305 e. The highest BCUT2D eigenvalue weighted by atomic mass is 16.3. The second-order valence-electron chi connectivity index (χ2n) is 4.92. The fraction of sp³-hybridized carbons (Fsp3) is 0. The van der Waals surface area contributed by atoms with Gasteiger partial charge in [-0.1, -0.05) is 30.3 Å². The summed E-state index contributed by atoms with van der Waals surface area (Å²) in [4.78, 5) is 24.1. The van der Waals surface area contributed by atoms with Crippen molar-refractivity contribution in [3.05, 3.63) is 84.3 Å². The number of amides is 2. The summed E-state index contributed by atoms with van der Waals surface area (Å²) >= 11 is 0. The quantitative estimate of drug-likeness (QED) is 0.645. The number of hydrazine groups is 1. The number of carbonyl (C=O) groups excluding carboxylic acids is 2. The fourth-order valence-electron chi connectivity index (χ4n) is 2.12. The van der Waals surface area contributed by atoms with Crippen LogP contribution in [-0.2, 0) is 0 Å². The Morgan fingerprint density at radius 3 is 2.21 bits per heavy atom. The molecule has 6 heteroatoms. The van der Waals surface area contributed by atoms with Crippen molar-refractivity contribution in [2.45, 2.75) is 0 Å². The molecule has 24 heavy (non-hydrogen) atoms. The van der Waals surface area contributed by atoms with Crippen LogP contribution in [0.25, 0.3) is 0 Å². The summed E-state index contributed by atoms with van der Waals surface area (Å²) in [5.74, 6) is -0.846. The molecule has 3 aromatic rings. The van der Waals surface area contributed by atoms with Crippen molar-refractivity contribution in [2.24, 2.45) is 0 Å². The van der Waals surface area contributed by atoms with E-state index in [0.29, 0.717) is 11.3 Å². The summed E-state index contributed by atoms with van der Waals surface area (Å²) in [6.45, 7) is 0. The average Bonchev–Trinajstić information content (AvgIpc) is 3.15. The third-order valence-electron chi connectivity index (χ3n) is 3.26. The zero-order valence-electron chi connectivity index (χ0n) is 12.7. The van der Waals surface area contributed by atoms with E-state index in [1.807, 2.05) is 36.4 Å². The van der Waals surface area contributed by atoms with Crippen LogP contribution in [-0.4, -0.2) is 11.8 Å². The van der Waals surface area contributed by atoms with Crippen LogP contribution in [0, 0.1) is 0 Å². The summed E-state index contributed by atoms with van der Waals surface area (Å²) in [7, 11) is 0. The zero-order chi connectivity index (χ0) is 16.8. The van der Waals surface area contributed by atoms with Gasteiger partial charge in [-0.2, -0.15) is 0 Å². The van der Waals surface area contributed by atoms with E-state index < -0.39 is 11.8 Å². The van der Waals surface area contributed by atoms with Crippen molar-refractivity contribution in [3.8, 4) is 0 Å². The summed E-state index contributed by atoms with van der Waals surface area (Å²) in [6, 6.07) is 19.6. The van der Waals surface area contributed by atoms with Gasteiger partial charge in [-0.25, -0.2) is 0 Å². The Morgan fingerprint density at radius 1 is 0.750 bits per heavy atom. The van der Waals surface area contributed by atoms with Crippen molar-refractivity contribution in [3.63, 3.8) is 0 Å². The topological polar surface area (TPSA) is 83.4 Å². The Kier molecular flexibility index (Phi) is 4.57. The standard InChI is InChI=1S/C18H15N3O3/c22-17(20-21-18(23)16-11-6-12-24-16)14-9-4-5-10-15(14)19-13-7-2-1-3-8-13/h1-12,19H,(H,20,22)(H,21,23). The number of anilines is 2. The molecule has 0 saturated carbocycles. The van der Waals surface area contributed by atoms with Gasteiger partial charge < -0.3 is 9.73 Å². The number of furan rings is 1. The Balaban J connectivity index is 1.70. The maximum atomic E-state index is 12.3. The lowest BCUT2D eigenvalue weighted by atomic mass is 10.1. The number of hydrogen-bond acceptors (Lipinski definition) is 4. The molecule has 2 aromatic carbocycles. The van der Waals surface area contributed by atoms with Crippen molar-refractivity contribution < 1.29 is 14.0 Å². The van der Waals surface area contributed by atoms with Crippen LogP contribution < -0.4 is 16.2 Å². The van der Waals surface area contributed by atoms with Gasteiger partial charge in [0.15, 0.2) is 5.76 Å². The van der Waals surface area contributed by atoms with Gasteiger partial charge in [0.25, 0.3) is 5.91 Å². The van der Waals surface area contributed by atoms with Gasteiger partial charge in [0.2, 0.25) is 0 Å². The molecule has 0 aliphatic heterocycles. The van der Waals surface area contributed by atoms with Gasteiger partial charge in [0, 0.05) is 5.69 Å². The zero-order valence-corrected chi connectivity index (χ0v) is 12.7. The van der Waals surface area contributed by atoms with E-state index in [1.165, 1.54) is 12.3 Å². The normalized spacial score (nSPS) is 10.0. The highest BCUT2D eigenvalue weighted by molar-refractivity contribution is 6.02. The largest absolute Gasteiger partial charge is 0.459 e. The second kappa shape index (κ2) is 7.15. The molecule has 1 aromatic heterocycles. The Bertz CT molecular complexity index is 830. The Labute approximate surface area is 138 Å². The molecule has 0 bridgehead atoms. The van der Waals surface area contributed by atoms with Gasteiger partial charge in [0.1, 0.15) is 0 Å². The summed E-state index contributed by atoms with van der Waals surface area (Å²) in [5.41, 5.74) is 6.58. The number of hydrogen-bond donors (Lipinski definition) is 3. The van der Waals surface area contributed by atoms with Crippen LogP contribution in [0.3, 0.4) is 0 Å². The second-order valence-corrected chi connectivity index (χ2v) is 4.92. The molecule has 0 aliphatic rings. The molecule has 0 aliphatic carbocycles. The van der Waals surface area contributed by atoms with Crippen LogP contribution in [0.15, 0.2) is 77.4 Å². The highest BCUT2D eigenvalue weighted by Gasteiger charge is 2.13. The first-order valence-corrected chi connectivity index (χ1v) is 7.29. The predicted molar refractivity (Wildman–Crippen MR) is 89.8 cm³/mol. The van der Waals surface area contributed by atoms with Crippen molar-refractivity contribution in [2.75, 3.05) is 5.32 Å². The molecule has 120 valence electrons. The van der Waals surface area contributed by atoms with Gasteiger partial charge >= 0.3 is 5.91 Å². The van der Waals surface area contributed by atoms with Crippen LogP contribution in [0.2, 0.25) is 0 Å². The molecule has 0 fully saturated rings. The van der Waals surface area contributed by atoms with Gasteiger partial charge in [-0.3, -0.25) is 20.4 Å². The van der Waals surface area contributed by atoms with Crippen LogP contribution in [0.4, 0.5) is 11.4 Å². The maximum Gasteiger partial charge on any atom is 0.305 e. The lowest BCUT2D eigenvalue weighted by molar-refractivity contribution is 0.0831. The SMILES string of the molecule is O=C(NNC(=O)c1ccccc1Nc1ccccc1)c1ccco1. The molecule has 2 amide bonds. The first-order chi connectivity index (χ1) is 11.7. The fourth-order valence-corrected chi connectivity index (χ4v) is 2.12. The molecule has 0 saturated heterocycles. The third-order valence-corrected chi connectivity index (χ3v) is 3.26. The summed E-state index contributed by atoms with van der Waals surface area (Å²) in [5, 5.41) is 3.18. The van der Waals surface area contributed by atoms with E-state index in [2.05, 4.69) is 16.2 Å². The molecule has 0 unspecified atom stereocenters. The lowest BCUT2D eigenvalue weighted by Gasteiger charge is -2.12.